The molecule has 10 heteroatoms. The Balaban J connectivity index is 1.62. The van der Waals surface area contributed by atoms with Crippen molar-refractivity contribution in [1.82, 2.24) is 15.5 Å². The van der Waals surface area contributed by atoms with E-state index in [0.717, 1.165) is 12.8 Å². The standard InChI is InChI=1S/C25H33FN4O5/c1-15(2)10-20(25(34)29-22(27)8-9-28-12-17(32)14-31)30-13-18(11-23(30)33)35-21-5-3-4-19(24(21)26)16-6-7-16/h3-5,8-9,11,15-17,20,28,31-32H,6-7,10,12-14H2,1-2H3,(H2,27,29,34)/b9-8-/t17-,20+/m1/s1. The summed E-state index contributed by atoms with van der Waals surface area (Å²) in [5, 5.41) is 31.2. The van der Waals surface area contributed by atoms with Crippen LogP contribution in [-0.2, 0) is 9.59 Å². The Morgan fingerprint density at radius 3 is 2.77 bits per heavy atom. The molecule has 0 aromatic heterocycles. The van der Waals surface area contributed by atoms with E-state index in [4.69, 9.17) is 15.3 Å². The first-order valence-electron chi connectivity index (χ1n) is 11.7. The van der Waals surface area contributed by atoms with Crippen LogP contribution in [0, 0.1) is 17.1 Å². The number of halogens is 1. The number of benzene rings is 1. The number of aliphatic hydroxyl groups excluding tert-OH is 2. The van der Waals surface area contributed by atoms with Gasteiger partial charge in [0.25, 0.3) is 5.91 Å². The predicted molar refractivity (Wildman–Crippen MR) is 128 cm³/mol. The zero-order valence-corrected chi connectivity index (χ0v) is 20.0. The van der Waals surface area contributed by atoms with E-state index in [2.05, 4.69) is 10.6 Å². The molecule has 1 aromatic carbocycles. The minimum absolute atomic E-state index is 0.0144. The molecule has 1 aromatic rings. The zero-order chi connectivity index (χ0) is 25.5. The first-order chi connectivity index (χ1) is 16.7. The van der Waals surface area contributed by atoms with Crippen LogP contribution >= 0.6 is 0 Å². The normalized spacial score (nSPS) is 17.5. The van der Waals surface area contributed by atoms with Gasteiger partial charge < -0.3 is 30.5 Å². The Kier molecular flexibility index (Phi) is 9.00. The molecule has 1 fully saturated rings. The van der Waals surface area contributed by atoms with Gasteiger partial charge >= 0.3 is 0 Å². The lowest BCUT2D eigenvalue weighted by Crippen LogP contribution is -2.49. The number of carbonyl (C=O) groups excluding carboxylic acids is 2. The molecule has 0 unspecified atom stereocenters. The van der Waals surface area contributed by atoms with Crippen LogP contribution in [0.25, 0.3) is 0 Å². The van der Waals surface area contributed by atoms with Crippen LogP contribution in [0.3, 0.4) is 0 Å². The second-order valence-corrected chi connectivity index (χ2v) is 9.24. The van der Waals surface area contributed by atoms with Crippen molar-refractivity contribution in [2.24, 2.45) is 5.92 Å². The van der Waals surface area contributed by atoms with E-state index in [1.807, 2.05) is 13.8 Å². The van der Waals surface area contributed by atoms with Crippen molar-refractivity contribution >= 4 is 17.6 Å². The highest BCUT2D eigenvalue weighted by Crippen LogP contribution is 2.43. The molecule has 2 aliphatic rings. The zero-order valence-electron chi connectivity index (χ0n) is 20.0. The molecule has 1 aliphatic carbocycles. The summed E-state index contributed by atoms with van der Waals surface area (Å²) in [5.41, 5.74) is 0.619. The quantitative estimate of drug-likeness (QED) is 0.225. The third kappa shape index (κ3) is 7.37. The highest BCUT2D eigenvalue weighted by molar-refractivity contribution is 6.05. The molecule has 35 heavy (non-hydrogen) atoms. The molecule has 9 nitrogen and oxygen atoms in total. The minimum Gasteiger partial charge on any atom is -0.457 e. The van der Waals surface area contributed by atoms with Crippen molar-refractivity contribution < 1.29 is 28.9 Å². The number of ether oxygens (including phenoxy) is 1. The number of nitrogens with zero attached hydrogens (tertiary/aromatic N) is 1. The molecular formula is C25H33FN4O5. The summed E-state index contributed by atoms with van der Waals surface area (Å²) in [6.45, 7) is 3.55. The molecular weight excluding hydrogens is 455 g/mol. The van der Waals surface area contributed by atoms with Crippen LogP contribution in [-0.4, -0.2) is 64.6 Å². The Morgan fingerprint density at radius 2 is 2.11 bits per heavy atom. The maximum absolute atomic E-state index is 14.8. The SMILES string of the molecule is CC(C)C[C@@H](C(=O)NC(=N)/C=C\NC[C@@H](O)CO)N1CC(Oc2cccc(C3CC3)c2F)=CC1=O. The van der Waals surface area contributed by atoms with Crippen LogP contribution in [0.1, 0.15) is 44.6 Å². The summed E-state index contributed by atoms with van der Waals surface area (Å²) < 4.78 is 20.6. The average molecular weight is 489 g/mol. The van der Waals surface area contributed by atoms with Gasteiger partial charge in [0.05, 0.1) is 19.3 Å². The fourth-order valence-electron chi connectivity index (χ4n) is 3.79. The number of carbonyl (C=O) groups is 2. The second kappa shape index (κ2) is 11.9. The Labute approximate surface area is 204 Å². The van der Waals surface area contributed by atoms with Gasteiger partial charge in [-0.05, 0) is 48.8 Å². The third-order valence-electron chi connectivity index (χ3n) is 5.71. The van der Waals surface area contributed by atoms with Crippen LogP contribution < -0.4 is 15.4 Å². The van der Waals surface area contributed by atoms with Crippen LogP contribution in [0.4, 0.5) is 4.39 Å². The molecule has 190 valence electrons. The van der Waals surface area contributed by atoms with E-state index in [1.165, 1.54) is 29.3 Å². The van der Waals surface area contributed by atoms with E-state index in [1.54, 1.807) is 12.1 Å². The average Bonchev–Trinajstić information content (AvgIpc) is 3.58. The minimum atomic E-state index is -0.936. The van der Waals surface area contributed by atoms with Gasteiger partial charge in [-0.15, -0.1) is 0 Å². The highest BCUT2D eigenvalue weighted by Gasteiger charge is 2.35. The Bertz CT molecular complexity index is 1010. The van der Waals surface area contributed by atoms with Gasteiger partial charge in [0.2, 0.25) is 5.91 Å². The number of hydrogen-bond donors (Lipinski definition) is 5. The number of amides is 2. The van der Waals surface area contributed by atoms with Gasteiger partial charge in [-0.3, -0.25) is 15.0 Å². The van der Waals surface area contributed by atoms with E-state index in [0.29, 0.717) is 12.0 Å². The van der Waals surface area contributed by atoms with Crippen LogP contribution in [0.5, 0.6) is 5.75 Å². The first kappa shape index (κ1) is 26.4. The lowest BCUT2D eigenvalue weighted by atomic mass is 10.0. The molecule has 5 N–H and O–H groups in total. The van der Waals surface area contributed by atoms with Gasteiger partial charge in [0.15, 0.2) is 11.6 Å². The lowest BCUT2D eigenvalue weighted by Gasteiger charge is -2.28. The van der Waals surface area contributed by atoms with Gasteiger partial charge in [-0.2, -0.15) is 0 Å². The molecule has 1 heterocycles. The van der Waals surface area contributed by atoms with E-state index < -0.39 is 36.4 Å². The summed E-state index contributed by atoms with van der Waals surface area (Å²) >= 11 is 0. The number of amidine groups is 1. The van der Waals surface area contributed by atoms with Crippen molar-refractivity contribution in [1.29, 1.82) is 5.41 Å². The topological polar surface area (TPSA) is 135 Å². The number of aliphatic hydroxyl groups is 2. The van der Waals surface area contributed by atoms with E-state index in [9.17, 15) is 19.1 Å². The molecule has 2 atom stereocenters. The van der Waals surface area contributed by atoms with Crippen LogP contribution in [0.15, 0.2) is 42.3 Å². The number of hydrogen-bond acceptors (Lipinski definition) is 7. The van der Waals surface area contributed by atoms with Gasteiger partial charge in [0.1, 0.15) is 17.6 Å². The summed E-state index contributed by atoms with van der Waals surface area (Å²) in [4.78, 5) is 27.1. The van der Waals surface area contributed by atoms with Crippen LogP contribution in [0.2, 0.25) is 0 Å². The smallest absolute Gasteiger partial charge is 0.251 e. The summed E-state index contributed by atoms with van der Waals surface area (Å²) in [6.07, 6.45) is 5.26. The molecule has 2 amide bonds. The summed E-state index contributed by atoms with van der Waals surface area (Å²) in [6, 6.07) is 4.15. The molecule has 0 bridgehead atoms. The van der Waals surface area contributed by atoms with Crippen molar-refractivity contribution in [3.63, 3.8) is 0 Å². The maximum atomic E-state index is 14.8. The van der Waals surface area contributed by atoms with Crippen molar-refractivity contribution in [3.8, 4) is 5.75 Å². The molecule has 1 saturated carbocycles. The fraction of sp³-hybridized carbons (Fsp3) is 0.480. The van der Waals surface area contributed by atoms with Gasteiger partial charge in [-0.1, -0.05) is 26.0 Å². The number of nitrogens with one attached hydrogen (secondary N) is 3. The van der Waals surface area contributed by atoms with Crippen molar-refractivity contribution in [3.05, 3.63) is 53.7 Å². The first-order valence-corrected chi connectivity index (χ1v) is 11.7. The molecule has 1 aliphatic heterocycles. The molecule has 3 rings (SSSR count). The molecule has 0 saturated heterocycles. The van der Waals surface area contributed by atoms with E-state index >= 15 is 0 Å². The fourth-order valence-corrected chi connectivity index (χ4v) is 3.79. The van der Waals surface area contributed by atoms with Gasteiger partial charge in [0, 0.05) is 18.8 Å². The Morgan fingerprint density at radius 1 is 1.37 bits per heavy atom. The number of rotatable bonds is 12. The predicted octanol–water partition coefficient (Wildman–Crippen LogP) is 1.77. The maximum Gasteiger partial charge on any atom is 0.251 e. The second-order valence-electron chi connectivity index (χ2n) is 9.24. The summed E-state index contributed by atoms with van der Waals surface area (Å²) in [5.74, 6) is -0.940. The van der Waals surface area contributed by atoms with Crippen molar-refractivity contribution in [2.45, 2.75) is 51.2 Å². The van der Waals surface area contributed by atoms with Crippen molar-refractivity contribution in [2.75, 3.05) is 19.7 Å². The highest BCUT2D eigenvalue weighted by atomic mass is 19.1. The Hall–Kier alpha value is -3.24. The monoisotopic (exact) mass is 488 g/mol. The molecule has 0 radical (unpaired) electrons. The third-order valence-corrected chi connectivity index (χ3v) is 5.71. The molecule has 0 spiro atoms. The largest absolute Gasteiger partial charge is 0.457 e. The summed E-state index contributed by atoms with van der Waals surface area (Å²) in [7, 11) is 0. The van der Waals surface area contributed by atoms with E-state index in [-0.39, 0.29) is 42.3 Å². The lowest BCUT2D eigenvalue weighted by molar-refractivity contribution is -0.135. The van der Waals surface area contributed by atoms with Gasteiger partial charge in [-0.25, -0.2) is 4.39 Å².